The quantitative estimate of drug-likeness (QED) is 0.276. The van der Waals surface area contributed by atoms with E-state index in [0.717, 1.165) is 16.9 Å². The standard InChI is InChI=1S/C31H28N2O5/c1-2-37-31(36)20-14-16-27-26(17-20)32(22-9-5-3-6-10-22)18-25-21(19-38-27)13-15-24-28(25)30(35)33(29(24)34)23-11-7-4-8-12-23/h3-14,16-17,24-25,28H,2,15,18-19H2,1H3/t24-,25-,28-/m0/s1. The van der Waals surface area contributed by atoms with Gasteiger partial charge in [0, 0.05) is 18.2 Å². The molecule has 2 heterocycles. The van der Waals surface area contributed by atoms with Crippen molar-refractivity contribution in [1.82, 2.24) is 0 Å². The molecule has 3 aliphatic rings. The number of anilines is 3. The lowest BCUT2D eigenvalue weighted by molar-refractivity contribution is -0.122. The lowest BCUT2D eigenvalue weighted by Gasteiger charge is -2.39. The van der Waals surface area contributed by atoms with Crippen LogP contribution in [0.5, 0.6) is 5.75 Å². The number of nitrogens with zero attached hydrogens (tertiary/aromatic N) is 2. The number of allylic oxidation sites excluding steroid dienone is 1. The van der Waals surface area contributed by atoms with Gasteiger partial charge in [-0.15, -0.1) is 0 Å². The van der Waals surface area contributed by atoms with Crippen molar-refractivity contribution in [3.8, 4) is 5.75 Å². The molecule has 1 saturated heterocycles. The van der Waals surface area contributed by atoms with Gasteiger partial charge in [0.15, 0.2) is 0 Å². The number of carbonyl (C=O) groups excluding carboxylic acids is 3. The zero-order valence-electron chi connectivity index (χ0n) is 21.1. The maximum absolute atomic E-state index is 13.9. The Morgan fingerprint density at radius 1 is 0.921 bits per heavy atom. The van der Waals surface area contributed by atoms with Gasteiger partial charge in [-0.05, 0) is 61.4 Å². The highest BCUT2D eigenvalue weighted by Crippen LogP contribution is 2.47. The minimum absolute atomic E-state index is 0.152. The van der Waals surface area contributed by atoms with Crippen molar-refractivity contribution in [3.05, 3.63) is 96.1 Å². The summed E-state index contributed by atoms with van der Waals surface area (Å²) >= 11 is 0. The number of imide groups is 1. The Bertz CT molecular complexity index is 1420. The fourth-order valence-electron chi connectivity index (χ4n) is 5.84. The van der Waals surface area contributed by atoms with E-state index in [2.05, 4.69) is 11.0 Å². The third-order valence-electron chi connectivity index (χ3n) is 7.64. The molecule has 2 aliphatic heterocycles. The molecule has 3 aromatic carbocycles. The number of rotatable bonds is 4. The predicted octanol–water partition coefficient (Wildman–Crippen LogP) is 5.15. The van der Waals surface area contributed by atoms with Gasteiger partial charge < -0.3 is 14.4 Å². The zero-order chi connectivity index (χ0) is 26.2. The van der Waals surface area contributed by atoms with Crippen LogP contribution in [0.25, 0.3) is 0 Å². The Morgan fingerprint density at radius 2 is 1.63 bits per heavy atom. The van der Waals surface area contributed by atoms with Crippen LogP contribution in [0.3, 0.4) is 0 Å². The third-order valence-corrected chi connectivity index (χ3v) is 7.64. The molecule has 0 unspecified atom stereocenters. The first-order valence-electron chi connectivity index (χ1n) is 12.9. The molecular formula is C31H28N2O5. The molecule has 0 spiro atoms. The minimum atomic E-state index is -0.493. The van der Waals surface area contributed by atoms with Gasteiger partial charge >= 0.3 is 5.97 Å². The Labute approximate surface area is 221 Å². The number of hydrogen-bond donors (Lipinski definition) is 0. The van der Waals surface area contributed by atoms with Crippen LogP contribution in [-0.4, -0.2) is 37.5 Å². The maximum atomic E-state index is 13.9. The van der Waals surface area contributed by atoms with Crippen molar-refractivity contribution in [2.75, 3.05) is 29.6 Å². The average Bonchev–Trinajstić information content (AvgIpc) is 3.20. The average molecular weight is 509 g/mol. The molecule has 38 heavy (non-hydrogen) atoms. The van der Waals surface area contributed by atoms with E-state index >= 15 is 0 Å². The summed E-state index contributed by atoms with van der Waals surface area (Å²) in [6.45, 7) is 2.83. The highest BCUT2D eigenvalue weighted by atomic mass is 16.5. The monoisotopic (exact) mass is 508 g/mol. The van der Waals surface area contributed by atoms with Gasteiger partial charge in [0.1, 0.15) is 12.4 Å². The van der Waals surface area contributed by atoms with Gasteiger partial charge in [0.25, 0.3) is 0 Å². The molecule has 192 valence electrons. The van der Waals surface area contributed by atoms with E-state index < -0.39 is 17.8 Å². The van der Waals surface area contributed by atoms with Crippen LogP contribution in [0.4, 0.5) is 17.1 Å². The molecule has 0 radical (unpaired) electrons. The summed E-state index contributed by atoms with van der Waals surface area (Å²) in [7, 11) is 0. The van der Waals surface area contributed by atoms with Crippen LogP contribution in [0, 0.1) is 17.8 Å². The van der Waals surface area contributed by atoms with E-state index in [1.54, 1.807) is 37.3 Å². The summed E-state index contributed by atoms with van der Waals surface area (Å²) in [6, 6.07) is 24.2. The van der Waals surface area contributed by atoms with Crippen LogP contribution >= 0.6 is 0 Å². The van der Waals surface area contributed by atoms with E-state index in [0.29, 0.717) is 36.6 Å². The van der Waals surface area contributed by atoms with Gasteiger partial charge in [0.05, 0.1) is 35.4 Å². The molecule has 0 bridgehead atoms. The van der Waals surface area contributed by atoms with E-state index in [1.165, 1.54) is 4.90 Å². The Balaban J connectivity index is 1.43. The first-order chi connectivity index (χ1) is 18.6. The molecule has 1 fully saturated rings. The van der Waals surface area contributed by atoms with E-state index in [-0.39, 0.29) is 24.3 Å². The van der Waals surface area contributed by atoms with Crippen molar-refractivity contribution in [3.63, 3.8) is 0 Å². The molecule has 0 N–H and O–H groups in total. The fourth-order valence-corrected chi connectivity index (χ4v) is 5.84. The number of hydrogen-bond acceptors (Lipinski definition) is 6. The largest absolute Gasteiger partial charge is 0.487 e. The number of esters is 1. The molecule has 6 rings (SSSR count). The summed E-state index contributed by atoms with van der Waals surface area (Å²) < 4.78 is 11.5. The van der Waals surface area contributed by atoms with Crippen LogP contribution in [0.2, 0.25) is 0 Å². The van der Waals surface area contributed by atoms with Crippen LogP contribution in [-0.2, 0) is 14.3 Å². The van der Waals surface area contributed by atoms with Crippen molar-refractivity contribution in [1.29, 1.82) is 0 Å². The van der Waals surface area contributed by atoms with Gasteiger partial charge in [-0.3, -0.25) is 14.5 Å². The van der Waals surface area contributed by atoms with Crippen molar-refractivity contribution in [2.45, 2.75) is 13.3 Å². The lowest BCUT2D eigenvalue weighted by Crippen LogP contribution is -2.41. The van der Waals surface area contributed by atoms with Gasteiger partial charge in [-0.25, -0.2) is 4.79 Å². The highest BCUT2D eigenvalue weighted by Gasteiger charge is 2.54. The normalized spacial score (nSPS) is 22.3. The molecule has 0 saturated carbocycles. The van der Waals surface area contributed by atoms with Gasteiger partial charge in [0.2, 0.25) is 11.8 Å². The minimum Gasteiger partial charge on any atom is -0.487 e. The lowest BCUT2D eigenvalue weighted by atomic mass is 9.72. The second kappa shape index (κ2) is 9.82. The number of carbonyl (C=O) groups is 3. The van der Waals surface area contributed by atoms with E-state index in [9.17, 15) is 14.4 Å². The topological polar surface area (TPSA) is 76.2 Å². The molecule has 7 nitrogen and oxygen atoms in total. The second-order valence-corrected chi connectivity index (χ2v) is 9.74. The molecule has 3 atom stereocenters. The molecule has 3 aromatic rings. The van der Waals surface area contributed by atoms with Crippen molar-refractivity contribution >= 4 is 34.8 Å². The van der Waals surface area contributed by atoms with E-state index in [4.69, 9.17) is 9.47 Å². The fraction of sp³-hybridized carbons (Fsp3) is 0.258. The van der Waals surface area contributed by atoms with Gasteiger partial charge in [-0.1, -0.05) is 42.5 Å². The van der Waals surface area contributed by atoms with Gasteiger partial charge in [-0.2, -0.15) is 0 Å². The summed E-state index contributed by atoms with van der Waals surface area (Å²) in [5.74, 6) is -1.23. The maximum Gasteiger partial charge on any atom is 0.338 e. The number of para-hydroxylation sites is 2. The molecule has 0 aromatic heterocycles. The summed E-state index contributed by atoms with van der Waals surface area (Å²) in [5, 5.41) is 0. The summed E-state index contributed by atoms with van der Waals surface area (Å²) in [6.07, 6.45) is 2.58. The SMILES string of the molecule is CCOC(=O)c1ccc2c(c1)N(c1ccccc1)C[C@H]1C(=CC[C@@H]3C(=O)N(c4ccccc4)C(=O)[C@@H]31)CO2. The highest BCUT2D eigenvalue weighted by molar-refractivity contribution is 6.22. The summed E-state index contributed by atoms with van der Waals surface area (Å²) in [5.41, 5.74) is 3.67. The third kappa shape index (κ3) is 4.04. The second-order valence-electron chi connectivity index (χ2n) is 9.74. The van der Waals surface area contributed by atoms with Crippen LogP contribution in [0.15, 0.2) is 90.5 Å². The molecular weight excluding hydrogens is 480 g/mol. The number of benzene rings is 3. The van der Waals surface area contributed by atoms with Crippen molar-refractivity contribution < 1.29 is 23.9 Å². The number of ether oxygens (including phenoxy) is 2. The first kappa shape index (κ1) is 24.0. The molecule has 2 amide bonds. The van der Waals surface area contributed by atoms with Crippen molar-refractivity contribution in [2.24, 2.45) is 17.8 Å². The van der Waals surface area contributed by atoms with Crippen LogP contribution in [0.1, 0.15) is 23.7 Å². The summed E-state index contributed by atoms with van der Waals surface area (Å²) in [4.78, 5) is 43.4. The Hall–Kier alpha value is -4.39. The zero-order valence-corrected chi connectivity index (χ0v) is 21.1. The molecule has 7 heteroatoms. The first-order valence-corrected chi connectivity index (χ1v) is 12.9. The Morgan fingerprint density at radius 3 is 2.34 bits per heavy atom. The number of amides is 2. The molecule has 1 aliphatic carbocycles. The number of fused-ring (bicyclic) bond motifs is 4. The Kier molecular flexibility index (Phi) is 6.19. The van der Waals surface area contributed by atoms with E-state index in [1.807, 2.05) is 48.5 Å². The van der Waals surface area contributed by atoms with Crippen LogP contribution < -0.4 is 14.5 Å². The predicted molar refractivity (Wildman–Crippen MR) is 143 cm³/mol. The smallest absolute Gasteiger partial charge is 0.338 e.